The van der Waals surface area contributed by atoms with Crippen LogP contribution in [0.4, 0.5) is 11.5 Å². The van der Waals surface area contributed by atoms with Gasteiger partial charge in [-0.1, -0.05) is 36.4 Å². The Kier molecular flexibility index (Phi) is 7.57. The van der Waals surface area contributed by atoms with E-state index in [9.17, 15) is 9.59 Å². The molecule has 0 unspecified atom stereocenters. The number of hydrogen-bond acceptors (Lipinski definition) is 4. The molecule has 3 N–H and O–H groups in total. The van der Waals surface area contributed by atoms with Crippen LogP contribution in [0.1, 0.15) is 51.1 Å². The SMILES string of the molecule is C=Cc1ccc(NC(=O)c2cc(Cl)ccc2NC(=O)c2ccc(C(=N)N3CCCCC3)cc2)nc1. The minimum Gasteiger partial charge on any atom is -0.357 e. The Labute approximate surface area is 209 Å². The Morgan fingerprint density at radius 2 is 1.66 bits per heavy atom. The van der Waals surface area contributed by atoms with Crippen LogP contribution in [0.15, 0.2) is 67.4 Å². The molecular weight excluding hydrogens is 462 g/mol. The van der Waals surface area contributed by atoms with Gasteiger partial charge in [0.25, 0.3) is 11.8 Å². The van der Waals surface area contributed by atoms with Gasteiger partial charge in [-0.25, -0.2) is 4.98 Å². The maximum atomic E-state index is 12.9. The molecule has 0 radical (unpaired) electrons. The van der Waals surface area contributed by atoms with E-state index in [1.807, 2.05) is 0 Å². The summed E-state index contributed by atoms with van der Waals surface area (Å²) in [7, 11) is 0. The number of benzene rings is 2. The first-order valence-corrected chi connectivity index (χ1v) is 11.8. The third-order valence-electron chi connectivity index (χ3n) is 5.83. The van der Waals surface area contributed by atoms with Crippen molar-refractivity contribution in [2.75, 3.05) is 23.7 Å². The molecule has 1 saturated heterocycles. The molecule has 7 nitrogen and oxygen atoms in total. The van der Waals surface area contributed by atoms with Crippen molar-refractivity contribution in [2.24, 2.45) is 0 Å². The molecule has 0 saturated carbocycles. The Morgan fingerprint density at radius 3 is 2.31 bits per heavy atom. The van der Waals surface area contributed by atoms with Gasteiger partial charge in [0.2, 0.25) is 0 Å². The Morgan fingerprint density at radius 1 is 0.943 bits per heavy atom. The summed E-state index contributed by atoms with van der Waals surface area (Å²) in [5, 5.41) is 14.3. The van der Waals surface area contributed by atoms with Gasteiger partial charge in [0.15, 0.2) is 0 Å². The first-order valence-electron chi connectivity index (χ1n) is 11.4. The van der Waals surface area contributed by atoms with Crippen LogP contribution in [0.3, 0.4) is 0 Å². The zero-order chi connectivity index (χ0) is 24.8. The molecule has 2 amide bonds. The van der Waals surface area contributed by atoms with E-state index in [1.165, 1.54) is 12.5 Å². The molecule has 0 aliphatic carbocycles. The summed E-state index contributed by atoms with van der Waals surface area (Å²) < 4.78 is 0. The number of nitrogens with zero attached hydrogens (tertiary/aromatic N) is 2. The Hall–Kier alpha value is -3.97. The van der Waals surface area contributed by atoms with Crippen LogP contribution in [-0.2, 0) is 0 Å². The fourth-order valence-corrected chi connectivity index (χ4v) is 4.04. The van der Waals surface area contributed by atoms with Crippen molar-refractivity contribution in [1.82, 2.24) is 9.88 Å². The molecule has 178 valence electrons. The molecule has 8 heteroatoms. The first-order chi connectivity index (χ1) is 16.9. The van der Waals surface area contributed by atoms with E-state index in [0.717, 1.165) is 37.1 Å². The van der Waals surface area contributed by atoms with Gasteiger partial charge >= 0.3 is 0 Å². The van der Waals surface area contributed by atoms with Gasteiger partial charge in [0.1, 0.15) is 11.7 Å². The number of pyridine rings is 1. The highest BCUT2D eigenvalue weighted by Gasteiger charge is 2.18. The first kappa shape index (κ1) is 24.2. The number of rotatable bonds is 6. The highest BCUT2D eigenvalue weighted by Crippen LogP contribution is 2.23. The van der Waals surface area contributed by atoms with E-state index in [4.69, 9.17) is 17.0 Å². The second-order valence-electron chi connectivity index (χ2n) is 8.25. The molecule has 2 aromatic carbocycles. The van der Waals surface area contributed by atoms with E-state index in [0.29, 0.717) is 27.9 Å². The number of hydrogen-bond donors (Lipinski definition) is 3. The van der Waals surface area contributed by atoms with Gasteiger partial charge in [0.05, 0.1) is 11.3 Å². The van der Waals surface area contributed by atoms with Gasteiger partial charge in [-0.05, 0) is 67.3 Å². The van der Waals surface area contributed by atoms with Gasteiger partial charge in [-0.3, -0.25) is 15.0 Å². The van der Waals surface area contributed by atoms with Crippen molar-refractivity contribution in [3.63, 3.8) is 0 Å². The van der Waals surface area contributed by atoms with Gasteiger partial charge in [-0.15, -0.1) is 0 Å². The van der Waals surface area contributed by atoms with Crippen LogP contribution in [0, 0.1) is 5.41 Å². The maximum absolute atomic E-state index is 12.9. The van der Waals surface area contributed by atoms with E-state index < -0.39 is 5.91 Å². The lowest BCUT2D eigenvalue weighted by Gasteiger charge is -2.29. The third kappa shape index (κ3) is 5.94. The summed E-state index contributed by atoms with van der Waals surface area (Å²) in [6.45, 7) is 5.45. The number of carbonyl (C=O) groups excluding carboxylic acids is 2. The molecular formula is C27H26ClN5O2. The molecule has 1 aliphatic heterocycles. The number of piperidine rings is 1. The van der Waals surface area contributed by atoms with Gasteiger partial charge < -0.3 is 15.5 Å². The Balaban J connectivity index is 1.47. The van der Waals surface area contributed by atoms with Crippen molar-refractivity contribution in [2.45, 2.75) is 19.3 Å². The van der Waals surface area contributed by atoms with Crippen LogP contribution >= 0.6 is 11.6 Å². The summed E-state index contributed by atoms with van der Waals surface area (Å²) in [6, 6.07) is 15.1. The number of anilines is 2. The zero-order valence-electron chi connectivity index (χ0n) is 19.2. The summed E-state index contributed by atoms with van der Waals surface area (Å²) in [5.41, 5.74) is 2.55. The molecule has 0 bridgehead atoms. The highest BCUT2D eigenvalue weighted by atomic mass is 35.5. The molecule has 1 fully saturated rings. The zero-order valence-corrected chi connectivity index (χ0v) is 19.9. The normalized spacial score (nSPS) is 13.1. The molecule has 0 spiro atoms. The summed E-state index contributed by atoms with van der Waals surface area (Å²) in [6.07, 6.45) is 6.64. The number of likely N-dealkylation sites (tertiary alicyclic amines) is 1. The highest BCUT2D eigenvalue weighted by molar-refractivity contribution is 6.31. The van der Waals surface area contributed by atoms with E-state index in [1.54, 1.807) is 60.8 Å². The second kappa shape index (κ2) is 11.0. The number of carbonyl (C=O) groups is 2. The van der Waals surface area contributed by atoms with E-state index in [-0.39, 0.29) is 11.5 Å². The molecule has 35 heavy (non-hydrogen) atoms. The lowest BCUT2D eigenvalue weighted by atomic mass is 10.1. The number of halogens is 1. The third-order valence-corrected chi connectivity index (χ3v) is 6.07. The van der Waals surface area contributed by atoms with Gasteiger partial charge in [-0.2, -0.15) is 0 Å². The smallest absolute Gasteiger partial charge is 0.258 e. The molecule has 4 rings (SSSR count). The topological polar surface area (TPSA) is 98.2 Å². The molecule has 2 heterocycles. The van der Waals surface area contributed by atoms with Crippen LogP contribution in [0.5, 0.6) is 0 Å². The van der Waals surface area contributed by atoms with Crippen molar-refractivity contribution in [3.05, 3.63) is 94.6 Å². The predicted octanol–water partition coefficient (Wildman–Crippen LogP) is 5.69. The lowest BCUT2D eigenvalue weighted by molar-refractivity contribution is 0.102. The minimum absolute atomic E-state index is 0.212. The fraction of sp³-hybridized carbons (Fsp3) is 0.185. The Bertz CT molecular complexity index is 1250. The average Bonchev–Trinajstić information content (AvgIpc) is 2.90. The van der Waals surface area contributed by atoms with Crippen LogP contribution in [0.2, 0.25) is 5.02 Å². The van der Waals surface area contributed by atoms with Crippen molar-refractivity contribution in [3.8, 4) is 0 Å². The maximum Gasteiger partial charge on any atom is 0.258 e. The number of nitrogens with one attached hydrogen (secondary N) is 3. The van der Waals surface area contributed by atoms with Crippen molar-refractivity contribution < 1.29 is 9.59 Å². The summed E-state index contributed by atoms with van der Waals surface area (Å²) in [5.74, 6) is 0.0190. The molecule has 1 aromatic heterocycles. The van der Waals surface area contributed by atoms with Crippen LogP contribution in [-0.4, -0.2) is 40.6 Å². The fourth-order valence-electron chi connectivity index (χ4n) is 3.87. The minimum atomic E-state index is -0.452. The predicted molar refractivity (Wildman–Crippen MR) is 140 cm³/mol. The summed E-state index contributed by atoms with van der Waals surface area (Å²) in [4.78, 5) is 32.1. The number of aromatic nitrogens is 1. The molecule has 0 atom stereocenters. The monoisotopic (exact) mass is 487 g/mol. The quantitative estimate of drug-likeness (QED) is 0.307. The molecule has 1 aliphatic rings. The average molecular weight is 488 g/mol. The van der Waals surface area contributed by atoms with Crippen LogP contribution in [0.25, 0.3) is 6.08 Å². The summed E-state index contributed by atoms with van der Waals surface area (Å²) >= 11 is 6.12. The van der Waals surface area contributed by atoms with Crippen molar-refractivity contribution >= 4 is 46.8 Å². The van der Waals surface area contributed by atoms with Crippen molar-refractivity contribution in [1.29, 1.82) is 5.41 Å². The van der Waals surface area contributed by atoms with E-state index in [2.05, 4.69) is 27.1 Å². The number of amidine groups is 1. The standard InChI is InChI=1S/C27H26ClN5O2/c1-2-18-6-13-24(30-17-18)32-27(35)22-16-21(28)11-12-23(22)31-26(34)20-9-7-19(8-10-20)25(29)33-14-4-3-5-15-33/h2,6-13,16-17,29H,1,3-5,14-15H2,(H,31,34)(H,30,32,35). The molecule has 3 aromatic rings. The largest absolute Gasteiger partial charge is 0.357 e. The van der Waals surface area contributed by atoms with E-state index >= 15 is 0 Å². The van der Waals surface area contributed by atoms with Crippen LogP contribution < -0.4 is 10.6 Å². The van der Waals surface area contributed by atoms with Gasteiger partial charge in [0, 0.05) is 35.4 Å². The number of amides is 2. The lowest BCUT2D eigenvalue weighted by Crippen LogP contribution is -2.35. The second-order valence-corrected chi connectivity index (χ2v) is 8.69.